The van der Waals surface area contributed by atoms with Gasteiger partial charge in [-0.1, -0.05) is 40.0 Å². The van der Waals surface area contributed by atoms with Crippen molar-refractivity contribution >= 4 is 57.4 Å². The number of nitrogens with zero attached hydrogens (tertiary/aromatic N) is 3. The zero-order chi connectivity index (χ0) is 36.6. The minimum Gasteiger partial charge on any atom is -0.469 e. The molecule has 0 aliphatic carbocycles. The first-order valence-corrected chi connectivity index (χ1v) is 18.1. The van der Waals surface area contributed by atoms with Gasteiger partial charge in [-0.05, 0) is 92.7 Å². The fourth-order valence-electron chi connectivity index (χ4n) is 7.79. The summed E-state index contributed by atoms with van der Waals surface area (Å²) in [5, 5.41) is 0. The van der Waals surface area contributed by atoms with Crippen molar-refractivity contribution in [2.24, 2.45) is 0 Å². The molecule has 0 radical (unpaired) electrons. The van der Waals surface area contributed by atoms with E-state index in [1.165, 1.54) is 18.1 Å². The van der Waals surface area contributed by atoms with Crippen molar-refractivity contribution in [1.29, 1.82) is 0 Å². The van der Waals surface area contributed by atoms with Crippen LogP contribution < -0.4 is 0 Å². The highest BCUT2D eigenvalue weighted by Gasteiger charge is 2.40. The van der Waals surface area contributed by atoms with Crippen molar-refractivity contribution in [2.75, 3.05) is 13.7 Å². The van der Waals surface area contributed by atoms with Gasteiger partial charge in [-0.15, -0.1) is 0 Å². The maximum absolute atomic E-state index is 14.7. The van der Waals surface area contributed by atoms with Crippen LogP contribution in [0.4, 0.5) is 0 Å². The number of esters is 1. The molecule has 10 heteroatoms. The van der Waals surface area contributed by atoms with E-state index in [0.717, 1.165) is 82.6 Å². The number of aldehydes is 1. The summed E-state index contributed by atoms with van der Waals surface area (Å²) >= 11 is 0. The van der Waals surface area contributed by atoms with Crippen LogP contribution in [0.3, 0.4) is 0 Å². The van der Waals surface area contributed by atoms with Gasteiger partial charge in [-0.25, -0.2) is 9.97 Å². The maximum Gasteiger partial charge on any atom is 0.305 e. The van der Waals surface area contributed by atoms with Crippen LogP contribution in [-0.4, -0.2) is 62.6 Å². The topological polar surface area (TPSA) is 138 Å². The van der Waals surface area contributed by atoms with Gasteiger partial charge in [0.1, 0.15) is 6.29 Å². The number of hydrogen-bond donors (Lipinski definition) is 2. The lowest BCUT2D eigenvalue weighted by Crippen LogP contribution is -2.41. The van der Waals surface area contributed by atoms with Crippen molar-refractivity contribution < 1.29 is 23.9 Å². The first-order chi connectivity index (χ1) is 24.5. The first kappa shape index (κ1) is 35.7. The molecule has 2 atom stereocenters. The second kappa shape index (κ2) is 14.6. The van der Waals surface area contributed by atoms with E-state index in [-0.39, 0.29) is 36.0 Å². The summed E-state index contributed by atoms with van der Waals surface area (Å²) in [7, 11) is 1.37. The number of aromatic amines is 2. The molecule has 0 unspecified atom stereocenters. The molecular weight excluding hydrogens is 642 g/mol. The molecule has 4 aliphatic heterocycles. The van der Waals surface area contributed by atoms with Gasteiger partial charge in [0.15, 0.2) is 0 Å². The number of imide groups is 1. The number of allylic oxidation sites excluding steroid dienone is 6. The molecule has 6 heterocycles. The third-order valence-corrected chi connectivity index (χ3v) is 10.8. The summed E-state index contributed by atoms with van der Waals surface area (Å²) in [6.45, 7) is 12.6. The number of hydrogen-bond acceptors (Lipinski definition) is 7. The molecule has 0 saturated heterocycles. The summed E-state index contributed by atoms with van der Waals surface area (Å²) in [6, 6.07) is 5.94. The number of carbonyl (C=O) groups excluding carboxylic acids is 4. The number of aryl methyl sites for hydroxylation is 1. The Morgan fingerprint density at radius 3 is 2.35 bits per heavy atom. The number of fused-ring (bicyclic) bond motifs is 8. The molecule has 8 bridgehead atoms. The Morgan fingerprint density at radius 2 is 1.65 bits per heavy atom. The van der Waals surface area contributed by atoms with Gasteiger partial charge >= 0.3 is 5.97 Å². The number of methoxy groups -OCH3 is 1. The Kier molecular flexibility index (Phi) is 10.2. The van der Waals surface area contributed by atoms with E-state index in [9.17, 15) is 19.2 Å². The average molecular weight is 690 g/mol. The number of nitrogens with one attached hydrogen (secondary N) is 2. The zero-order valence-corrected chi connectivity index (χ0v) is 30.7. The van der Waals surface area contributed by atoms with Crippen LogP contribution in [0, 0.1) is 6.92 Å². The van der Waals surface area contributed by atoms with Gasteiger partial charge in [-0.3, -0.25) is 24.1 Å². The standard InChI is InChI=1S/C41H47N5O5/c1-8-10-11-12-17-46-40(49)36-25(6)32-21-33-26(9-2)22(3)30(42-33)20-34-27(14-13-18-47)23(4)29(43-34)19-31-24(5)28(15-16-35(48)51-7)38(44-31)37(41(46)50)39(36)45-32/h13-14,18-21,24,28,44-45H,8-12,15-17H2,1-7H3/b14-13+,31-19?,33-21?,34-20?,38-37?/t24-,28-/m0/s1. The highest BCUT2D eigenvalue weighted by Crippen LogP contribution is 2.45. The van der Waals surface area contributed by atoms with Crippen LogP contribution in [0.15, 0.2) is 30.4 Å². The molecule has 6 rings (SSSR count). The molecule has 4 aliphatic rings. The molecule has 2 N–H and O–H groups in total. The number of amides is 2. The SMILES string of the molecule is CCCCCCN1C(=O)c2c3[nH]c(cc4nc(cc5nc(cc6[nH]c2c(c6C)C1=O)C(CC)=C5C)C(/C=C/C=O)=C4C)[C@@H](C)[C@@H]3CCC(=O)OC. The van der Waals surface area contributed by atoms with E-state index >= 15 is 0 Å². The van der Waals surface area contributed by atoms with E-state index in [4.69, 9.17) is 14.7 Å². The smallest absolute Gasteiger partial charge is 0.305 e. The van der Waals surface area contributed by atoms with Crippen molar-refractivity contribution in [2.45, 2.75) is 98.3 Å². The summed E-state index contributed by atoms with van der Waals surface area (Å²) in [4.78, 5) is 71.4. The summed E-state index contributed by atoms with van der Waals surface area (Å²) in [5.41, 5.74) is 11.2. The van der Waals surface area contributed by atoms with Crippen LogP contribution in [-0.2, 0) is 14.3 Å². The van der Waals surface area contributed by atoms with Crippen LogP contribution in [0.1, 0.15) is 152 Å². The van der Waals surface area contributed by atoms with E-state index in [2.05, 4.69) is 37.7 Å². The lowest BCUT2D eigenvalue weighted by molar-refractivity contribution is -0.140. The number of carbonyl (C=O) groups is 4. The molecule has 2 aromatic heterocycles. The monoisotopic (exact) mass is 689 g/mol. The highest BCUT2D eigenvalue weighted by atomic mass is 16.5. The Hall–Kier alpha value is -5.12. The molecule has 51 heavy (non-hydrogen) atoms. The number of aromatic nitrogens is 4. The largest absolute Gasteiger partial charge is 0.469 e. The molecule has 2 amide bonds. The molecule has 266 valence electrons. The number of unbranched alkanes of at least 4 members (excludes halogenated alkanes) is 3. The number of H-pyrrole nitrogens is 2. The Balaban J connectivity index is 1.73. The molecule has 10 nitrogen and oxygen atoms in total. The van der Waals surface area contributed by atoms with E-state index in [1.807, 2.05) is 32.0 Å². The lowest BCUT2D eigenvalue weighted by atomic mass is 9.84. The predicted octanol–water partition coefficient (Wildman–Crippen LogP) is 8.39. The second-order valence-corrected chi connectivity index (χ2v) is 13.8. The van der Waals surface area contributed by atoms with Crippen molar-refractivity contribution in [3.8, 4) is 0 Å². The molecule has 0 saturated carbocycles. The quantitative estimate of drug-likeness (QED) is 0.0795. The summed E-state index contributed by atoms with van der Waals surface area (Å²) < 4.78 is 5.02. The van der Waals surface area contributed by atoms with Crippen LogP contribution in [0.25, 0.3) is 33.3 Å². The Bertz CT molecular complexity index is 2110. The van der Waals surface area contributed by atoms with Crippen molar-refractivity contribution in [1.82, 2.24) is 24.8 Å². The fourth-order valence-corrected chi connectivity index (χ4v) is 7.79. The first-order valence-electron chi connectivity index (χ1n) is 18.1. The third kappa shape index (κ3) is 6.36. The van der Waals surface area contributed by atoms with E-state index in [1.54, 1.807) is 6.08 Å². The highest BCUT2D eigenvalue weighted by molar-refractivity contribution is 6.23. The molecule has 2 aromatic rings. The van der Waals surface area contributed by atoms with E-state index in [0.29, 0.717) is 52.9 Å². The minimum absolute atomic E-state index is 0.132. The number of ether oxygens (including phenoxy) is 1. The van der Waals surface area contributed by atoms with Crippen LogP contribution >= 0.6 is 0 Å². The van der Waals surface area contributed by atoms with Gasteiger partial charge in [-0.2, -0.15) is 0 Å². The van der Waals surface area contributed by atoms with Gasteiger partial charge in [0.05, 0.1) is 46.5 Å². The van der Waals surface area contributed by atoms with Crippen molar-refractivity contribution in [3.63, 3.8) is 0 Å². The zero-order valence-electron chi connectivity index (χ0n) is 30.7. The van der Waals surface area contributed by atoms with Gasteiger partial charge in [0, 0.05) is 47.3 Å². The van der Waals surface area contributed by atoms with Crippen LogP contribution in [0.2, 0.25) is 0 Å². The van der Waals surface area contributed by atoms with Crippen molar-refractivity contribution in [3.05, 3.63) is 81.2 Å². The second-order valence-electron chi connectivity index (χ2n) is 13.8. The summed E-state index contributed by atoms with van der Waals surface area (Å²) in [5.74, 6) is -1.37. The van der Waals surface area contributed by atoms with Gasteiger partial charge in [0.25, 0.3) is 11.8 Å². The van der Waals surface area contributed by atoms with E-state index < -0.39 is 0 Å². The predicted molar refractivity (Wildman–Crippen MR) is 199 cm³/mol. The Labute approximate surface area is 298 Å². The third-order valence-electron chi connectivity index (χ3n) is 10.8. The fraction of sp³-hybridized carbons (Fsp3) is 0.415. The normalized spacial score (nSPS) is 17.9. The number of rotatable bonds is 11. The van der Waals surface area contributed by atoms with Gasteiger partial charge in [0.2, 0.25) is 0 Å². The summed E-state index contributed by atoms with van der Waals surface area (Å²) in [6.07, 6.45) is 9.03. The molecule has 0 spiro atoms. The molecular formula is C41H47N5O5. The lowest BCUT2D eigenvalue weighted by Gasteiger charge is -2.27. The average Bonchev–Trinajstić information content (AvgIpc) is 3.79. The molecule has 0 aromatic carbocycles. The maximum atomic E-state index is 14.7. The molecule has 0 fully saturated rings. The Morgan fingerprint density at radius 1 is 0.922 bits per heavy atom. The minimum atomic E-state index is -0.350. The van der Waals surface area contributed by atoms with Gasteiger partial charge < -0.3 is 14.7 Å². The van der Waals surface area contributed by atoms with Crippen LogP contribution in [0.5, 0.6) is 0 Å².